The lowest BCUT2D eigenvalue weighted by molar-refractivity contribution is 0.580. The zero-order valence-electron chi connectivity index (χ0n) is 9.62. The summed E-state index contributed by atoms with van der Waals surface area (Å²) in [5, 5.41) is 2.70. The van der Waals surface area contributed by atoms with E-state index in [4.69, 9.17) is 5.73 Å². The van der Waals surface area contributed by atoms with Crippen LogP contribution in [0.15, 0.2) is 28.7 Å². The fourth-order valence-electron chi connectivity index (χ4n) is 1.35. The number of pyridine rings is 1. The highest BCUT2D eigenvalue weighted by Crippen LogP contribution is 2.16. The van der Waals surface area contributed by atoms with Crippen molar-refractivity contribution in [3.05, 3.63) is 34.5 Å². The van der Waals surface area contributed by atoms with Crippen molar-refractivity contribution in [2.45, 2.75) is 18.4 Å². The molecule has 2 heterocycles. The molecule has 0 bridgehead atoms. The molecule has 0 aliphatic heterocycles. The van der Waals surface area contributed by atoms with Gasteiger partial charge < -0.3 is 5.73 Å². The molecule has 0 aliphatic rings. The lowest BCUT2D eigenvalue weighted by Gasteiger charge is -2.07. The van der Waals surface area contributed by atoms with E-state index in [1.165, 1.54) is 29.8 Å². The molecule has 0 aliphatic carbocycles. The van der Waals surface area contributed by atoms with Crippen molar-refractivity contribution in [2.75, 3.05) is 5.73 Å². The van der Waals surface area contributed by atoms with Gasteiger partial charge in [-0.2, -0.15) is 0 Å². The first-order chi connectivity index (χ1) is 8.49. The Kier molecular flexibility index (Phi) is 3.60. The zero-order chi connectivity index (χ0) is 13.2. The fourth-order valence-corrected chi connectivity index (χ4v) is 3.04. The number of rotatable bonds is 4. The summed E-state index contributed by atoms with van der Waals surface area (Å²) in [5.41, 5.74) is 6.46. The van der Waals surface area contributed by atoms with Crippen LogP contribution in [0.2, 0.25) is 0 Å². The summed E-state index contributed by atoms with van der Waals surface area (Å²) in [5.74, 6) is 0. The molecule has 0 unspecified atom stereocenters. The van der Waals surface area contributed by atoms with Crippen LogP contribution in [0.5, 0.6) is 0 Å². The van der Waals surface area contributed by atoms with Crippen molar-refractivity contribution in [2.24, 2.45) is 0 Å². The number of sulfonamides is 1. The van der Waals surface area contributed by atoms with Gasteiger partial charge in [-0.15, -0.1) is 11.3 Å². The lowest BCUT2D eigenvalue weighted by Crippen LogP contribution is -2.24. The number of aromatic nitrogens is 2. The van der Waals surface area contributed by atoms with Gasteiger partial charge in [0.15, 0.2) is 0 Å². The minimum Gasteiger partial charge on any atom is -0.398 e. The molecule has 0 amide bonds. The predicted molar refractivity (Wildman–Crippen MR) is 69.5 cm³/mol. The molecule has 0 atom stereocenters. The largest absolute Gasteiger partial charge is 0.398 e. The maximum absolute atomic E-state index is 12.0. The molecule has 0 aromatic carbocycles. The highest BCUT2D eigenvalue weighted by Gasteiger charge is 2.17. The summed E-state index contributed by atoms with van der Waals surface area (Å²) in [4.78, 5) is 7.92. The lowest BCUT2D eigenvalue weighted by atomic mass is 10.4. The van der Waals surface area contributed by atoms with Gasteiger partial charge >= 0.3 is 0 Å². The monoisotopic (exact) mass is 284 g/mol. The Morgan fingerprint density at radius 2 is 2.28 bits per heavy atom. The summed E-state index contributed by atoms with van der Waals surface area (Å²) in [7, 11) is -3.65. The quantitative estimate of drug-likeness (QED) is 0.869. The van der Waals surface area contributed by atoms with E-state index in [1.54, 1.807) is 0 Å². The normalized spacial score (nSPS) is 11.6. The van der Waals surface area contributed by atoms with E-state index >= 15 is 0 Å². The Morgan fingerprint density at radius 3 is 2.89 bits per heavy atom. The summed E-state index contributed by atoms with van der Waals surface area (Å²) in [6.07, 6.45) is 2.67. The summed E-state index contributed by atoms with van der Waals surface area (Å²) in [6, 6.07) is 1.45. The molecule has 3 N–H and O–H groups in total. The van der Waals surface area contributed by atoms with E-state index in [1.807, 2.05) is 12.3 Å². The van der Waals surface area contributed by atoms with E-state index in [2.05, 4.69) is 14.7 Å². The molecule has 0 spiro atoms. The van der Waals surface area contributed by atoms with Gasteiger partial charge in [0.2, 0.25) is 10.0 Å². The van der Waals surface area contributed by atoms with Crippen molar-refractivity contribution >= 4 is 27.0 Å². The van der Waals surface area contributed by atoms with Gasteiger partial charge in [-0.3, -0.25) is 4.98 Å². The first kappa shape index (κ1) is 12.9. The van der Waals surface area contributed by atoms with Crippen molar-refractivity contribution in [1.29, 1.82) is 0 Å². The minimum absolute atomic E-state index is 0.0167. The number of nitrogen functional groups attached to an aromatic ring is 1. The average molecular weight is 284 g/mol. The molecule has 2 rings (SSSR count). The van der Waals surface area contributed by atoms with Gasteiger partial charge in [-0.05, 0) is 13.0 Å². The molecule has 0 fully saturated rings. The number of nitrogens with one attached hydrogen (secondary N) is 1. The minimum atomic E-state index is -3.65. The third-order valence-electron chi connectivity index (χ3n) is 2.22. The number of nitrogens with two attached hydrogens (primary N) is 1. The van der Waals surface area contributed by atoms with Gasteiger partial charge in [-0.25, -0.2) is 18.1 Å². The van der Waals surface area contributed by atoms with Crippen molar-refractivity contribution < 1.29 is 8.42 Å². The van der Waals surface area contributed by atoms with E-state index in [0.29, 0.717) is 5.69 Å². The van der Waals surface area contributed by atoms with Crippen LogP contribution in [0.4, 0.5) is 5.69 Å². The van der Waals surface area contributed by atoms with Gasteiger partial charge in [0.05, 0.1) is 22.9 Å². The maximum atomic E-state index is 12.0. The number of hydrogen-bond acceptors (Lipinski definition) is 6. The Labute approximate surface area is 109 Å². The van der Waals surface area contributed by atoms with Crippen LogP contribution in [-0.2, 0) is 16.6 Å². The molecule has 2 aromatic heterocycles. The van der Waals surface area contributed by atoms with Crippen LogP contribution < -0.4 is 10.5 Å². The second kappa shape index (κ2) is 5.01. The average Bonchev–Trinajstić information content (AvgIpc) is 2.73. The molecule has 8 heteroatoms. The first-order valence-electron chi connectivity index (χ1n) is 5.09. The van der Waals surface area contributed by atoms with Crippen LogP contribution in [-0.4, -0.2) is 18.4 Å². The molecule has 96 valence electrons. The molecular weight excluding hydrogens is 272 g/mol. The third kappa shape index (κ3) is 2.84. The Hall–Kier alpha value is -1.51. The maximum Gasteiger partial charge on any atom is 0.244 e. The Bertz CT molecular complexity index is 651. The van der Waals surface area contributed by atoms with Crippen LogP contribution in [0, 0.1) is 6.92 Å². The van der Waals surface area contributed by atoms with E-state index in [0.717, 1.165) is 5.01 Å². The van der Waals surface area contributed by atoms with Crippen LogP contribution >= 0.6 is 11.3 Å². The molecular formula is C10H12N4O2S2. The topological polar surface area (TPSA) is 98.0 Å². The van der Waals surface area contributed by atoms with E-state index in [-0.39, 0.29) is 17.1 Å². The Morgan fingerprint density at radius 1 is 1.50 bits per heavy atom. The van der Waals surface area contributed by atoms with Gasteiger partial charge in [0, 0.05) is 17.8 Å². The third-order valence-corrected chi connectivity index (χ3v) is 4.48. The predicted octanol–water partition coefficient (Wildman–Crippen LogP) is 0.907. The number of hydrogen-bond donors (Lipinski definition) is 2. The standard InChI is InChI=1S/C10H12N4O2S2/c1-7-14-8(6-17-7)4-13-18(15,16)10-5-12-3-2-9(10)11/h2-3,5-6,13H,4H2,1H3,(H2,11,12). The van der Waals surface area contributed by atoms with Gasteiger partial charge in [0.1, 0.15) is 4.90 Å². The molecule has 2 aromatic rings. The highest BCUT2D eigenvalue weighted by atomic mass is 32.2. The van der Waals surface area contributed by atoms with Crippen LogP contribution in [0.25, 0.3) is 0 Å². The van der Waals surface area contributed by atoms with Crippen LogP contribution in [0.1, 0.15) is 10.7 Å². The highest BCUT2D eigenvalue weighted by molar-refractivity contribution is 7.89. The zero-order valence-corrected chi connectivity index (χ0v) is 11.3. The van der Waals surface area contributed by atoms with E-state index < -0.39 is 10.0 Å². The van der Waals surface area contributed by atoms with Crippen molar-refractivity contribution in [3.8, 4) is 0 Å². The second-order valence-corrected chi connectivity index (χ2v) is 6.39. The molecule has 0 radical (unpaired) electrons. The second-order valence-electron chi connectivity index (χ2n) is 3.60. The van der Waals surface area contributed by atoms with Crippen molar-refractivity contribution in [1.82, 2.24) is 14.7 Å². The summed E-state index contributed by atoms with van der Waals surface area (Å²) in [6.45, 7) is 2.00. The summed E-state index contributed by atoms with van der Waals surface area (Å²) < 4.78 is 26.4. The fraction of sp³-hybridized carbons (Fsp3) is 0.200. The number of nitrogens with zero attached hydrogens (tertiary/aromatic N) is 2. The smallest absolute Gasteiger partial charge is 0.244 e. The van der Waals surface area contributed by atoms with E-state index in [9.17, 15) is 8.42 Å². The van der Waals surface area contributed by atoms with Gasteiger partial charge in [0.25, 0.3) is 0 Å². The first-order valence-corrected chi connectivity index (χ1v) is 7.45. The van der Waals surface area contributed by atoms with Crippen molar-refractivity contribution in [3.63, 3.8) is 0 Å². The molecule has 0 saturated heterocycles. The SMILES string of the molecule is Cc1nc(CNS(=O)(=O)c2cnccc2N)cs1. The number of anilines is 1. The molecule has 6 nitrogen and oxygen atoms in total. The van der Waals surface area contributed by atoms with Crippen LogP contribution in [0.3, 0.4) is 0 Å². The summed E-state index contributed by atoms with van der Waals surface area (Å²) >= 11 is 1.47. The van der Waals surface area contributed by atoms with Gasteiger partial charge in [-0.1, -0.05) is 0 Å². The molecule has 18 heavy (non-hydrogen) atoms. The Balaban J connectivity index is 2.16. The molecule has 0 saturated carbocycles. The number of aryl methyl sites for hydroxylation is 1. The number of thiazole rings is 1.